The van der Waals surface area contributed by atoms with E-state index >= 15 is 0 Å². The molecule has 0 aliphatic carbocycles. The van der Waals surface area contributed by atoms with Crippen LogP contribution < -0.4 is 10.5 Å². The van der Waals surface area contributed by atoms with Crippen LogP contribution in [0.2, 0.25) is 5.02 Å². The number of esters is 1. The molecule has 0 bridgehead atoms. The molecule has 0 spiro atoms. The zero-order chi connectivity index (χ0) is 13.0. The summed E-state index contributed by atoms with van der Waals surface area (Å²) in [5, 5.41) is 0.619. The van der Waals surface area contributed by atoms with E-state index in [1.165, 1.54) is 0 Å². The standard InChI is InChI=1S/C13H18ClNO2/c1-8(2)6-11(15)13(16)17-12-5-4-10(14)7-9(12)3/h4-5,7-8,11H,6,15H2,1-3H3. The summed E-state index contributed by atoms with van der Waals surface area (Å²) in [6.45, 7) is 5.86. The summed E-state index contributed by atoms with van der Waals surface area (Å²) >= 11 is 5.82. The van der Waals surface area contributed by atoms with Crippen molar-refractivity contribution in [1.29, 1.82) is 0 Å². The minimum absolute atomic E-state index is 0.365. The van der Waals surface area contributed by atoms with Gasteiger partial charge in [0, 0.05) is 5.02 Å². The molecule has 1 rings (SSSR count). The molecular weight excluding hydrogens is 238 g/mol. The van der Waals surface area contributed by atoms with E-state index < -0.39 is 12.0 Å². The fraction of sp³-hybridized carbons (Fsp3) is 0.462. The van der Waals surface area contributed by atoms with Crippen molar-refractivity contribution < 1.29 is 9.53 Å². The first kappa shape index (κ1) is 14.0. The minimum atomic E-state index is -0.579. The average molecular weight is 256 g/mol. The van der Waals surface area contributed by atoms with Crippen molar-refractivity contribution in [3.8, 4) is 5.75 Å². The molecule has 3 nitrogen and oxygen atoms in total. The molecule has 1 aromatic carbocycles. The molecule has 4 heteroatoms. The van der Waals surface area contributed by atoms with Gasteiger partial charge in [0.2, 0.25) is 0 Å². The molecule has 0 aliphatic heterocycles. The number of carbonyl (C=O) groups is 1. The summed E-state index contributed by atoms with van der Waals surface area (Å²) < 4.78 is 5.24. The smallest absolute Gasteiger partial charge is 0.328 e. The predicted octanol–water partition coefficient (Wildman–Crippen LogP) is 2.93. The first-order chi connectivity index (χ1) is 7.90. The minimum Gasteiger partial charge on any atom is -0.425 e. The van der Waals surface area contributed by atoms with Gasteiger partial charge in [-0.05, 0) is 43.0 Å². The quantitative estimate of drug-likeness (QED) is 0.665. The molecule has 2 N–H and O–H groups in total. The molecule has 0 heterocycles. The molecule has 0 saturated heterocycles. The van der Waals surface area contributed by atoms with Crippen LogP contribution >= 0.6 is 11.6 Å². The Morgan fingerprint density at radius 1 is 1.47 bits per heavy atom. The highest BCUT2D eigenvalue weighted by molar-refractivity contribution is 6.30. The van der Waals surface area contributed by atoms with Crippen LogP contribution in [-0.2, 0) is 4.79 Å². The fourth-order valence-corrected chi connectivity index (χ4v) is 1.74. The Morgan fingerprint density at radius 3 is 2.65 bits per heavy atom. The summed E-state index contributed by atoms with van der Waals surface area (Å²) in [5.41, 5.74) is 6.57. The van der Waals surface area contributed by atoms with Crippen molar-refractivity contribution in [2.75, 3.05) is 0 Å². The topological polar surface area (TPSA) is 52.3 Å². The zero-order valence-corrected chi connectivity index (χ0v) is 11.1. The van der Waals surface area contributed by atoms with Crippen LogP contribution in [0.25, 0.3) is 0 Å². The Bertz CT molecular complexity index is 404. The maximum atomic E-state index is 11.7. The third-order valence-electron chi connectivity index (χ3n) is 2.38. The molecule has 1 unspecified atom stereocenters. The summed E-state index contributed by atoms with van der Waals surface area (Å²) in [7, 11) is 0. The molecule has 0 saturated carbocycles. The zero-order valence-electron chi connectivity index (χ0n) is 10.4. The lowest BCUT2D eigenvalue weighted by Crippen LogP contribution is -2.35. The molecule has 17 heavy (non-hydrogen) atoms. The lowest BCUT2D eigenvalue weighted by Gasteiger charge is -2.14. The lowest BCUT2D eigenvalue weighted by molar-refractivity contribution is -0.136. The second-order valence-corrected chi connectivity index (χ2v) is 5.00. The molecule has 0 fully saturated rings. The van der Waals surface area contributed by atoms with Crippen LogP contribution in [0.15, 0.2) is 18.2 Å². The van der Waals surface area contributed by atoms with Crippen molar-refractivity contribution >= 4 is 17.6 Å². The van der Waals surface area contributed by atoms with Crippen LogP contribution in [0.4, 0.5) is 0 Å². The number of rotatable bonds is 4. The molecular formula is C13H18ClNO2. The molecule has 94 valence electrons. The van der Waals surface area contributed by atoms with Gasteiger partial charge in [0.05, 0.1) is 0 Å². The number of benzene rings is 1. The highest BCUT2D eigenvalue weighted by Gasteiger charge is 2.17. The Morgan fingerprint density at radius 2 is 2.12 bits per heavy atom. The Hall–Kier alpha value is -1.06. The number of aryl methyl sites for hydroxylation is 1. The van der Waals surface area contributed by atoms with Gasteiger partial charge in [0.15, 0.2) is 0 Å². The van der Waals surface area contributed by atoms with Crippen LogP contribution in [0.5, 0.6) is 5.75 Å². The molecule has 0 aromatic heterocycles. The summed E-state index contributed by atoms with van der Waals surface area (Å²) in [6.07, 6.45) is 0.617. The van der Waals surface area contributed by atoms with Crippen LogP contribution in [-0.4, -0.2) is 12.0 Å². The molecule has 0 aliphatic rings. The summed E-state index contributed by atoms with van der Waals surface area (Å²) in [6, 6.07) is 4.53. The van der Waals surface area contributed by atoms with E-state index in [9.17, 15) is 4.79 Å². The van der Waals surface area contributed by atoms with Gasteiger partial charge in [-0.25, -0.2) is 4.79 Å². The van der Waals surface area contributed by atoms with Gasteiger partial charge in [-0.1, -0.05) is 25.4 Å². The lowest BCUT2D eigenvalue weighted by atomic mass is 10.0. The first-order valence-electron chi connectivity index (χ1n) is 5.63. The number of hydrogen-bond donors (Lipinski definition) is 1. The Kier molecular flexibility index (Phi) is 4.97. The maximum Gasteiger partial charge on any atom is 0.328 e. The van der Waals surface area contributed by atoms with Gasteiger partial charge >= 0.3 is 5.97 Å². The van der Waals surface area contributed by atoms with Gasteiger partial charge in [0.1, 0.15) is 11.8 Å². The molecule has 1 aromatic rings. The third-order valence-corrected chi connectivity index (χ3v) is 2.61. The number of ether oxygens (including phenoxy) is 1. The van der Waals surface area contributed by atoms with E-state index in [4.69, 9.17) is 22.1 Å². The SMILES string of the molecule is Cc1cc(Cl)ccc1OC(=O)C(N)CC(C)C. The summed E-state index contributed by atoms with van der Waals surface area (Å²) in [4.78, 5) is 11.7. The summed E-state index contributed by atoms with van der Waals surface area (Å²) in [5.74, 6) is 0.478. The predicted molar refractivity (Wildman–Crippen MR) is 69.3 cm³/mol. The number of halogens is 1. The van der Waals surface area contributed by atoms with E-state index in [0.29, 0.717) is 23.1 Å². The van der Waals surface area contributed by atoms with Crippen LogP contribution in [0, 0.1) is 12.8 Å². The number of hydrogen-bond acceptors (Lipinski definition) is 3. The van der Waals surface area contributed by atoms with Crippen LogP contribution in [0.1, 0.15) is 25.8 Å². The Balaban J connectivity index is 2.67. The first-order valence-corrected chi connectivity index (χ1v) is 6.01. The maximum absolute atomic E-state index is 11.7. The number of carbonyl (C=O) groups excluding carboxylic acids is 1. The Labute approximate surface area is 107 Å². The van der Waals surface area contributed by atoms with Crippen molar-refractivity contribution in [2.45, 2.75) is 33.2 Å². The highest BCUT2D eigenvalue weighted by atomic mass is 35.5. The third kappa shape index (κ3) is 4.36. The number of nitrogens with two attached hydrogens (primary N) is 1. The van der Waals surface area contributed by atoms with E-state index in [1.807, 2.05) is 20.8 Å². The van der Waals surface area contributed by atoms with Gasteiger partial charge in [0.25, 0.3) is 0 Å². The monoisotopic (exact) mass is 255 g/mol. The highest BCUT2D eigenvalue weighted by Crippen LogP contribution is 2.22. The van der Waals surface area contributed by atoms with E-state index in [1.54, 1.807) is 18.2 Å². The van der Waals surface area contributed by atoms with E-state index in [-0.39, 0.29) is 0 Å². The normalized spacial score (nSPS) is 12.6. The van der Waals surface area contributed by atoms with Crippen molar-refractivity contribution in [3.63, 3.8) is 0 Å². The van der Waals surface area contributed by atoms with Crippen molar-refractivity contribution in [2.24, 2.45) is 11.7 Å². The second kappa shape index (κ2) is 6.03. The molecule has 1 atom stereocenters. The van der Waals surface area contributed by atoms with Crippen LogP contribution in [0.3, 0.4) is 0 Å². The fourth-order valence-electron chi connectivity index (χ4n) is 1.52. The second-order valence-electron chi connectivity index (χ2n) is 4.57. The van der Waals surface area contributed by atoms with Crippen molar-refractivity contribution in [3.05, 3.63) is 28.8 Å². The molecule has 0 radical (unpaired) electrons. The van der Waals surface area contributed by atoms with E-state index in [2.05, 4.69) is 0 Å². The van der Waals surface area contributed by atoms with Gasteiger partial charge < -0.3 is 10.5 Å². The van der Waals surface area contributed by atoms with Crippen molar-refractivity contribution in [1.82, 2.24) is 0 Å². The van der Waals surface area contributed by atoms with Gasteiger partial charge in [-0.15, -0.1) is 0 Å². The van der Waals surface area contributed by atoms with Gasteiger partial charge in [-0.3, -0.25) is 0 Å². The average Bonchev–Trinajstić information content (AvgIpc) is 2.21. The van der Waals surface area contributed by atoms with E-state index in [0.717, 1.165) is 5.56 Å². The largest absolute Gasteiger partial charge is 0.425 e. The van der Waals surface area contributed by atoms with Gasteiger partial charge in [-0.2, -0.15) is 0 Å². The molecule has 0 amide bonds.